The Hall–Kier alpha value is -1.69. The van der Waals surface area contributed by atoms with Crippen LogP contribution in [0.4, 0.5) is 10.2 Å². The lowest BCUT2D eigenvalue weighted by Crippen LogP contribution is -2.38. The minimum Gasteiger partial charge on any atom is -0.384 e. The summed E-state index contributed by atoms with van der Waals surface area (Å²) in [4.78, 5) is 3.94. The molecule has 4 nitrogen and oxygen atoms in total. The van der Waals surface area contributed by atoms with Gasteiger partial charge in [0.1, 0.15) is 11.6 Å². The summed E-state index contributed by atoms with van der Waals surface area (Å²) >= 11 is 6.02. The number of nitrogens with two attached hydrogens (primary N) is 2. The van der Waals surface area contributed by atoms with Crippen LogP contribution in [-0.4, -0.2) is 11.0 Å². The predicted octanol–water partition coefficient (Wildman–Crippen LogP) is 2.07. The average molecular weight is 295 g/mol. The van der Waals surface area contributed by atoms with Crippen molar-refractivity contribution < 1.29 is 4.39 Å². The summed E-state index contributed by atoms with van der Waals surface area (Å²) in [5, 5.41) is 0.402. The molecule has 106 valence electrons. The largest absolute Gasteiger partial charge is 0.384 e. The molecule has 0 saturated heterocycles. The molecule has 0 aliphatic rings. The standard InChI is InChI=1S/C14H16ClFN4/c15-13-8-11(16)2-1-10(13)7-12(20-18)5-9-3-4-19-14(17)6-9/h1-4,6,8,12,20H,5,7,18H2,(H2,17,19). The third-order valence-electron chi connectivity index (χ3n) is 3.04. The molecule has 20 heavy (non-hydrogen) atoms. The summed E-state index contributed by atoms with van der Waals surface area (Å²) in [5.41, 5.74) is 10.3. The number of nitrogens with zero attached hydrogens (tertiary/aromatic N) is 1. The van der Waals surface area contributed by atoms with Crippen molar-refractivity contribution in [2.24, 2.45) is 5.84 Å². The summed E-state index contributed by atoms with van der Waals surface area (Å²) < 4.78 is 13.0. The van der Waals surface area contributed by atoms with Crippen molar-refractivity contribution in [1.82, 2.24) is 10.4 Å². The fraction of sp³-hybridized carbons (Fsp3) is 0.214. The molecule has 0 aliphatic carbocycles. The van der Waals surface area contributed by atoms with Gasteiger partial charge in [-0.3, -0.25) is 11.3 Å². The monoisotopic (exact) mass is 294 g/mol. The predicted molar refractivity (Wildman–Crippen MR) is 78.6 cm³/mol. The second kappa shape index (κ2) is 6.65. The van der Waals surface area contributed by atoms with Crippen LogP contribution in [0.2, 0.25) is 5.02 Å². The second-order valence-corrected chi connectivity index (χ2v) is 5.00. The maximum Gasteiger partial charge on any atom is 0.124 e. The Balaban J connectivity index is 2.09. The summed E-state index contributed by atoms with van der Waals surface area (Å²) in [6.45, 7) is 0. The number of benzene rings is 1. The fourth-order valence-corrected chi connectivity index (χ4v) is 2.29. The summed E-state index contributed by atoms with van der Waals surface area (Å²) in [7, 11) is 0. The molecule has 1 unspecified atom stereocenters. The van der Waals surface area contributed by atoms with Crippen molar-refractivity contribution in [1.29, 1.82) is 0 Å². The topological polar surface area (TPSA) is 77.0 Å². The van der Waals surface area contributed by atoms with E-state index in [0.29, 0.717) is 23.7 Å². The molecule has 2 rings (SSSR count). The third kappa shape index (κ3) is 3.90. The molecule has 1 heterocycles. The van der Waals surface area contributed by atoms with Gasteiger partial charge < -0.3 is 5.73 Å². The highest BCUT2D eigenvalue weighted by molar-refractivity contribution is 6.31. The number of anilines is 1. The van der Waals surface area contributed by atoms with Gasteiger partial charge in [-0.1, -0.05) is 17.7 Å². The number of hydrogen-bond acceptors (Lipinski definition) is 4. The Morgan fingerprint density at radius 2 is 2.05 bits per heavy atom. The fourth-order valence-electron chi connectivity index (χ4n) is 2.05. The first-order valence-corrected chi connectivity index (χ1v) is 6.56. The van der Waals surface area contributed by atoms with Crippen LogP contribution in [0.3, 0.4) is 0 Å². The van der Waals surface area contributed by atoms with Gasteiger partial charge in [0.15, 0.2) is 0 Å². The second-order valence-electron chi connectivity index (χ2n) is 4.60. The minimum atomic E-state index is -0.349. The van der Waals surface area contributed by atoms with Crippen molar-refractivity contribution in [3.05, 3.63) is 58.5 Å². The highest BCUT2D eigenvalue weighted by Crippen LogP contribution is 2.19. The molecular formula is C14H16ClFN4. The highest BCUT2D eigenvalue weighted by Gasteiger charge is 2.12. The van der Waals surface area contributed by atoms with E-state index in [0.717, 1.165) is 11.1 Å². The van der Waals surface area contributed by atoms with E-state index in [1.54, 1.807) is 18.3 Å². The summed E-state index contributed by atoms with van der Waals surface area (Å²) in [6.07, 6.45) is 2.93. The smallest absolute Gasteiger partial charge is 0.124 e. The first-order valence-electron chi connectivity index (χ1n) is 6.19. The van der Waals surface area contributed by atoms with Crippen LogP contribution in [0.25, 0.3) is 0 Å². The van der Waals surface area contributed by atoms with E-state index in [2.05, 4.69) is 10.4 Å². The van der Waals surface area contributed by atoms with Crippen molar-refractivity contribution in [2.45, 2.75) is 18.9 Å². The molecule has 0 radical (unpaired) electrons. The number of nitrogens with one attached hydrogen (secondary N) is 1. The lowest BCUT2D eigenvalue weighted by atomic mass is 10.00. The SMILES string of the molecule is NNC(Cc1ccnc(N)c1)Cc1ccc(F)cc1Cl. The van der Waals surface area contributed by atoms with Gasteiger partial charge in [0.05, 0.1) is 0 Å². The molecule has 1 aromatic heterocycles. The quantitative estimate of drug-likeness (QED) is 0.583. The van der Waals surface area contributed by atoms with Crippen LogP contribution >= 0.6 is 11.6 Å². The maximum absolute atomic E-state index is 13.0. The van der Waals surface area contributed by atoms with Crippen molar-refractivity contribution in [2.75, 3.05) is 5.73 Å². The molecule has 0 bridgehead atoms. The van der Waals surface area contributed by atoms with Crippen LogP contribution < -0.4 is 17.0 Å². The number of pyridine rings is 1. The van der Waals surface area contributed by atoms with Crippen molar-refractivity contribution in [3.8, 4) is 0 Å². The lowest BCUT2D eigenvalue weighted by molar-refractivity contribution is 0.522. The van der Waals surface area contributed by atoms with E-state index >= 15 is 0 Å². The molecule has 2 aromatic rings. The number of nitrogen functional groups attached to an aromatic ring is 1. The zero-order chi connectivity index (χ0) is 14.5. The Morgan fingerprint density at radius 3 is 2.70 bits per heavy atom. The number of halogens is 2. The lowest BCUT2D eigenvalue weighted by Gasteiger charge is -2.17. The molecule has 5 N–H and O–H groups in total. The Bertz CT molecular complexity index is 591. The number of hydrogen-bond donors (Lipinski definition) is 3. The Labute approximate surface area is 121 Å². The molecule has 0 saturated carbocycles. The van der Waals surface area contributed by atoms with E-state index in [4.69, 9.17) is 23.2 Å². The van der Waals surface area contributed by atoms with E-state index in [1.165, 1.54) is 12.1 Å². The van der Waals surface area contributed by atoms with E-state index < -0.39 is 0 Å². The van der Waals surface area contributed by atoms with Crippen LogP contribution in [0.1, 0.15) is 11.1 Å². The van der Waals surface area contributed by atoms with Crippen LogP contribution in [-0.2, 0) is 12.8 Å². The number of rotatable bonds is 5. The minimum absolute atomic E-state index is 0.0280. The summed E-state index contributed by atoms with van der Waals surface area (Å²) in [5.74, 6) is 5.69. The van der Waals surface area contributed by atoms with Crippen LogP contribution in [0, 0.1) is 5.82 Å². The van der Waals surface area contributed by atoms with E-state index in [9.17, 15) is 4.39 Å². The van der Waals surface area contributed by atoms with Crippen LogP contribution in [0.15, 0.2) is 36.5 Å². The summed E-state index contributed by atoms with van der Waals surface area (Å²) in [6, 6.07) is 8.01. The van der Waals surface area contributed by atoms with Gasteiger partial charge in [-0.25, -0.2) is 9.37 Å². The van der Waals surface area contributed by atoms with Crippen molar-refractivity contribution >= 4 is 17.4 Å². The molecule has 1 aromatic carbocycles. The zero-order valence-corrected chi connectivity index (χ0v) is 11.6. The van der Waals surface area contributed by atoms with Gasteiger partial charge >= 0.3 is 0 Å². The van der Waals surface area contributed by atoms with Gasteiger partial charge in [0.25, 0.3) is 0 Å². The molecule has 0 aliphatic heterocycles. The first kappa shape index (κ1) is 14.7. The highest BCUT2D eigenvalue weighted by atomic mass is 35.5. The molecule has 0 amide bonds. The number of aromatic nitrogens is 1. The maximum atomic E-state index is 13.0. The van der Waals surface area contributed by atoms with E-state index in [-0.39, 0.29) is 11.9 Å². The molecule has 0 spiro atoms. The average Bonchev–Trinajstić information content (AvgIpc) is 2.41. The molecular weight excluding hydrogens is 279 g/mol. The van der Waals surface area contributed by atoms with Gasteiger partial charge in [-0.2, -0.15) is 0 Å². The van der Waals surface area contributed by atoms with Gasteiger partial charge in [-0.15, -0.1) is 0 Å². The van der Waals surface area contributed by atoms with Crippen LogP contribution in [0.5, 0.6) is 0 Å². The van der Waals surface area contributed by atoms with Gasteiger partial charge in [0, 0.05) is 17.3 Å². The van der Waals surface area contributed by atoms with Gasteiger partial charge in [-0.05, 0) is 48.2 Å². The Kier molecular flexibility index (Phi) is 4.89. The Morgan fingerprint density at radius 1 is 1.25 bits per heavy atom. The number of hydrazine groups is 1. The normalized spacial score (nSPS) is 12.3. The zero-order valence-electron chi connectivity index (χ0n) is 10.8. The van der Waals surface area contributed by atoms with Gasteiger partial charge in [0.2, 0.25) is 0 Å². The van der Waals surface area contributed by atoms with E-state index in [1.807, 2.05) is 6.07 Å². The molecule has 6 heteroatoms. The molecule has 0 fully saturated rings. The first-order chi connectivity index (χ1) is 9.58. The molecule has 1 atom stereocenters. The van der Waals surface area contributed by atoms with Crippen molar-refractivity contribution in [3.63, 3.8) is 0 Å². The third-order valence-corrected chi connectivity index (χ3v) is 3.40.